The van der Waals surface area contributed by atoms with E-state index < -0.39 is 5.82 Å². The van der Waals surface area contributed by atoms with Crippen molar-refractivity contribution in [2.45, 2.75) is 13.2 Å². The first-order valence-corrected chi connectivity index (χ1v) is 6.20. The molecule has 0 bridgehead atoms. The smallest absolute Gasteiger partial charge is 0.251 e. The molecule has 0 amide bonds. The Morgan fingerprint density at radius 1 is 1.33 bits per heavy atom. The van der Waals surface area contributed by atoms with E-state index in [0.717, 1.165) is 10.0 Å². The predicted octanol–water partition coefficient (Wildman–Crippen LogP) is 3.02. The highest BCUT2D eigenvalue weighted by Crippen LogP contribution is 2.19. The molecule has 2 aromatic rings. The molecule has 1 aromatic carbocycles. The monoisotopic (exact) mass is 310 g/mol. The first-order chi connectivity index (χ1) is 8.70. The van der Waals surface area contributed by atoms with E-state index >= 15 is 0 Å². The number of halogens is 2. The van der Waals surface area contributed by atoms with Gasteiger partial charge >= 0.3 is 0 Å². The van der Waals surface area contributed by atoms with Gasteiger partial charge in [-0.25, -0.2) is 9.37 Å². The summed E-state index contributed by atoms with van der Waals surface area (Å²) in [5.74, 6) is -0.507. The first kappa shape index (κ1) is 13.0. The van der Waals surface area contributed by atoms with Gasteiger partial charge in [0.15, 0.2) is 5.82 Å². The van der Waals surface area contributed by atoms with Crippen molar-refractivity contribution in [3.63, 3.8) is 0 Å². The Kier molecular flexibility index (Phi) is 4.28. The highest BCUT2D eigenvalue weighted by molar-refractivity contribution is 9.10. The second kappa shape index (κ2) is 5.93. The van der Waals surface area contributed by atoms with Crippen molar-refractivity contribution in [3.05, 3.63) is 57.9 Å². The molecule has 1 heterocycles. The van der Waals surface area contributed by atoms with Gasteiger partial charge in [0, 0.05) is 22.8 Å². The second-order valence-corrected chi connectivity index (χ2v) is 4.63. The molecule has 2 N–H and O–H groups in total. The van der Waals surface area contributed by atoms with Crippen LogP contribution in [0.15, 0.2) is 41.0 Å². The van der Waals surface area contributed by atoms with E-state index in [1.807, 2.05) is 24.3 Å². The number of nitrogens with two attached hydrogens (primary N) is 1. The number of aromatic nitrogens is 1. The molecule has 0 aliphatic rings. The van der Waals surface area contributed by atoms with Crippen LogP contribution in [0.2, 0.25) is 0 Å². The number of pyridine rings is 1. The second-order valence-electron chi connectivity index (χ2n) is 3.71. The van der Waals surface area contributed by atoms with Gasteiger partial charge in [-0.15, -0.1) is 0 Å². The molecule has 3 nitrogen and oxygen atoms in total. The Labute approximate surface area is 113 Å². The van der Waals surface area contributed by atoms with E-state index in [0.29, 0.717) is 5.56 Å². The van der Waals surface area contributed by atoms with Crippen LogP contribution >= 0.6 is 15.9 Å². The molecule has 0 aliphatic carbocycles. The molecular formula is C13H12BrFN2O. The number of nitrogens with zero attached hydrogens (tertiary/aromatic N) is 1. The Morgan fingerprint density at radius 2 is 2.17 bits per heavy atom. The topological polar surface area (TPSA) is 48.1 Å². The number of rotatable bonds is 4. The SMILES string of the molecule is NCc1ccnc(OCc2cccc(Br)c2)c1F. The summed E-state index contributed by atoms with van der Waals surface area (Å²) in [6, 6.07) is 9.15. The van der Waals surface area contributed by atoms with Gasteiger partial charge in [-0.3, -0.25) is 0 Å². The van der Waals surface area contributed by atoms with Crippen LogP contribution in [0.3, 0.4) is 0 Å². The van der Waals surface area contributed by atoms with E-state index in [9.17, 15) is 4.39 Å². The molecule has 0 radical (unpaired) electrons. The van der Waals surface area contributed by atoms with Gasteiger partial charge in [-0.1, -0.05) is 28.1 Å². The van der Waals surface area contributed by atoms with Crippen molar-refractivity contribution in [3.8, 4) is 5.88 Å². The fourth-order valence-corrected chi connectivity index (χ4v) is 1.95. The summed E-state index contributed by atoms with van der Waals surface area (Å²) in [6.45, 7) is 0.388. The van der Waals surface area contributed by atoms with Gasteiger partial charge in [0.2, 0.25) is 0 Å². The number of hydrogen-bond donors (Lipinski definition) is 1. The maximum atomic E-state index is 13.8. The first-order valence-electron chi connectivity index (χ1n) is 5.41. The summed E-state index contributed by atoms with van der Waals surface area (Å²) in [7, 11) is 0. The molecule has 94 valence electrons. The summed E-state index contributed by atoms with van der Waals surface area (Å²) < 4.78 is 20.1. The van der Waals surface area contributed by atoms with Crippen molar-refractivity contribution in [2.24, 2.45) is 5.73 Å². The average Bonchev–Trinajstić information content (AvgIpc) is 2.38. The van der Waals surface area contributed by atoms with Crippen molar-refractivity contribution < 1.29 is 9.13 Å². The van der Waals surface area contributed by atoms with Gasteiger partial charge in [-0.2, -0.15) is 0 Å². The molecule has 0 fully saturated rings. The lowest BCUT2D eigenvalue weighted by molar-refractivity contribution is 0.276. The quantitative estimate of drug-likeness (QED) is 0.944. The largest absolute Gasteiger partial charge is 0.471 e. The normalized spacial score (nSPS) is 10.4. The van der Waals surface area contributed by atoms with Crippen LogP contribution in [0.5, 0.6) is 5.88 Å². The van der Waals surface area contributed by atoms with Crippen LogP contribution in [0.4, 0.5) is 4.39 Å². The molecule has 0 spiro atoms. The molecule has 18 heavy (non-hydrogen) atoms. The van der Waals surface area contributed by atoms with Crippen LogP contribution < -0.4 is 10.5 Å². The fourth-order valence-electron chi connectivity index (χ4n) is 1.50. The molecule has 2 rings (SSSR count). The van der Waals surface area contributed by atoms with E-state index in [2.05, 4.69) is 20.9 Å². The van der Waals surface area contributed by atoms with E-state index in [1.54, 1.807) is 6.07 Å². The van der Waals surface area contributed by atoms with Gasteiger partial charge in [0.1, 0.15) is 6.61 Å². The molecule has 0 atom stereocenters. The fraction of sp³-hybridized carbons (Fsp3) is 0.154. The third-order valence-electron chi connectivity index (χ3n) is 2.42. The lowest BCUT2D eigenvalue weighted by Crippen LogP contribution is -2.05. The standard InChI is InChI=1S/C13H12BrFN2O/c14-11-3-1-2-9(6-11)8-18-13-12(15)10(7-16)4-5-17-13/h1-6H,7-8,16H2. The molecule has 0 saturated heterocycles. The summed E-state index contributed by atoms with van der Waals surface area (Å²) >= 11 is 3.36. The summed E-state index contributed by atoms with van der Waals surface area (Å²) in [5.41, 5.74) is 6.75. The molecule has 1 aromatic heterocycles. The number of hydrogen-bond acceptors (Lipinski definition) is 3. The Bertz CT molecular complexity index is 548. The van der Waals surface area contributed by atoms with E-state index in [1.165, 1.54) is 6.20 Å². The van der Waals surface area contributed by atoms with Crippen molar-refractivity contribution >= 4 is 15.9 Å². The van der Waals surface area contributed by atoms with E-state index in [-0.39, 0.29) is 19.0 Å². The molecule has 5 heteroatoms. The Balaban J connectivity index is 2.11. The molecule has 0 saturated carbocycles. The van der Waals surface area contributed by atoms with Gasteiger partial charge in [0.25, 0.3) is 5.88 Å². The van der Waals surface area contributed by atoms with Crippen LogP contribution in [-0.4, -0.2) is 4.98 Å². The van der Waals surface area contributed by atoms with Crippen molar-refractivity contribution in [2.75, 3.05) is 0 Å². The lowest BCUT2D eigenvalue weighted by atomic mass is 10.2. The maximum absolute atomic E-state index is 13.8. The predicted molar refractivity (Wildman–Crippen MR) is 70.6 cm³/mol. The zero-order valence-corrected chi connectivity index (χ0v) is 11.2. The highest BCUT2D eigenvalue weighted by Gasteiger charge is 2.09. The third-order valence-corrected chi connectivity index (χ3v) is 2.91. The third kappa shape index (κ3) is 3.05. The van der Waals surface area contributed by atoms with Crippen LogP contribution in [-0.2, 0) is 13.2 Å². The minimum atomic E-state index is -0.491. The van der Waals surface area contributed by atoms with E-state index in [4.69, 9.17) is 10.5 Å². The minimum absolute atomic E-state index is 0.0158. The zero-order valence-electron chi connectivity index (χ0n) is 9.57. The molecule has 0 unspecified atom stereocenters. The summed E-state index contributed by atoms with van der Waals surface area (Å²) in [5, 5.41) is 0. The van der Waals surface area contributed by atoms with Crippen LogP contribution in [0.1, 0.15) is 11.1 Å². The summed E-state index contributed by atoms with van der Waals surface area (Å²) in [6.07, 6.45) is 1.49. The minimum Gasteiger partial charge on any atom is -0.471 e. The zero-order chi connectivity index (χ0) is 13.0. The lowest BCUT2D eigenvalue weighted by Gasteiger charge is -2.08. The van der Waals surface area contributed by atoms with Crippen molar-refractivity contribution in [1.29, 1.82) is 0 Å². The average molecular weight is 311 g/mol. The highest BCUT2D eigenvalue weighted by atomic mass is 79.9. The van der Waals surface area contributed by atoms with Crippen LogP contribution in [0, 0.1) is 5.82 Å². The molecular weight excluding hydrogens is 299 g/mol. The number of benzene rings is 1. The summed E-state index contributed by atoms with van der Waals surface area (Å²) in [4.78, 5) is 3.86. The maximum Gasteiger partial charge on any atom is 0.251 e. The van der Waals surface area contributed by atoms with Gasteiger partial charge in [0.05, 0.1) is 0 Å². The number of ether oxygens (including phenoxy) is 1. The van der Waals surface area contributed by atoms with Crippen molar-refractivity contribution in [1.82, 2.24) is 4.98 Å². The Morgan fingerprint density at radius 3 is 2.89 bits per heavy atom. The van der Waals surface area contributed by atoms with Gasteiger partial charge in [-0.05, 0) is 23.8 Å². The van der Waals surface area contributed by atoms with Gasteiger partial charge < -0.3 is 10.5 Å². The van der Waals surface area contributed by atoms with Crippen LogP contribution in [0.25, 0.3) is 0 Å². The Hall–Kier alpha value is -1.46. The molecule has 0 aliphatic heterocycles.